The summed E-state index contributed by atoms with van der Waals surface area (Å²) in [6.45, 7) is 2.62. The quantitative estimate of drug-likeness (QED) is 0.129. The van der Waals surface area contributed by atoms with Crippen molar-refractivity contribution in [1.29, 1.82) is 0 Å². The molecule has 0 spiro atoms. The molecule has 0 heterocycles. The van der Waals surface area contributed by atoms with Crippen molar-refractivity contribution in [2.24, 2.45) is 0 Å². The number of nitrogens with zero attached hydrogens (tertiary/aromatic N) is 1. The third-order valence-electron chi connectivity index (χ3n) is 5.88. The van der Waals surface area contributed by atoms with Crippen molar-refractivity contribution in [3.63, 3.8) is 0 Å². The van der Waals surface area contributed by atoms with Gasteiger partial charge in [0.05, 0.1) is 12.7 Å². The Bertz CT molecular complexity index is 407. The maximum atomic E-state index is 9.99. The fourth-order valence-electron chi connectivity index (χ4n) is 3.71. The predicted octanol–water partition coefficient (Wildman–Crippen LogP) is 3.39. The van der Waals surface area contributed by atoms with Crippen LogP contribution in [0.5, 0.6) is 0 Å². The molecule has 0 fully saturated rings. The topological polar surface area (TPSA) is 104 Å². The lowest BCUT2D eigenvalue weighted by Gasteiger charge is -2.28. The molecular weight excluding hydrogens is 394 g/mol. The zero-order chi connectivity index (χ0) is 23.3. The second-order valence-electron chi connectivity index (χ2n) is 9.00. The normalized spacial score (nSPS) is 16.1. The first-order valence-electron chi connectivity index (χ1n) is 12.6. The van der Waals surface area contributed by atoms with Crippen LogP contribution < -0.4 is 0 Å². The van der Waals surface area contributed by atoms with E-state index in [0.717, 1.165) is 19.4 Å². The van der Waals surface area contributed by atoms with Crippen molar-refractivity contribution >= 4 is 0 Å². The minimum atomic E-state index is -1.56. The van der Waals surface area contributed by atoms with E-state index in [1.165, 1.54) is 77.0 Å². The van der Waals surface area contributed by atoms with Crippen molar-refractivity contribution in [3.05, 3.63) is 12.2 Å². The van der Waals surface area contributed by atoms with E-state index in [1.807, 2.05) is 11.9 Å². The molecular formula is C25H51NO5. The van der Waals surface area contributed by atoms with Gasteiger partial charge in [-0.05, 0) is 45.7 Å². The van der Waals surface area contributed by atoms with E-state index in [1.54, 1.807) is 0 Å². The summed E-state index contributed by atoms with van der Waals surface area (Å²) in [7, 11) is 1.86. The largest absolute Gasteiger partial charge is 0.394 e. The van der Waals surface area contributed by atoms with Crippen LogP contribution in [0.1, 0.15) is 96.8 Å². The Morgan fingerprint density at radius 2 is 1.10 bits per heavy atom. The van der Waals surface area contributed by atoms with Gasteiger partial charge in [-0.25, -0.2) is 0 Å². The van der Waals surface area contributed by atoms with Crippen LogP contribution in [0.25, 0.3) is 0 Å². The fourth-order valence-corrected chi connectivity index (χ4v) is 3.71. The van der Waals surface area contributed by atoms with E-state index in [9.17, 15) is 20.4 Å². The Morgan fingerprint density at radius 1 is 0.645 bits per heavy atom. The van der Waals surface area contributed by atoms with Crippen molar-refractivity contribution in [1.82, 2.24) is 4.90 Å². The van der Waals surface area contributed by atoms with Gasteiger partial charge >= 0.3 is 0 Å². The Kier molecular flexibility index (Phi) is 21.0. The van der Waals surface area contributed by atoms with E-state index in [0.29, 0.717) is 0 Å². The molecule has 6 nitrogen and oxygen atoms in total. The van der Waals surface area contributed by atoms with E-state index in [2.05, 4.69) is 19.1 Å². The first-order valence-corrected chi connectivity index (χ1v) is 12.6. The monoisotopic (exact) mass is 445 g/mol. The van der Waals surface area contributed by atoms with Gasteiger partial charge in [0.1, 0.15) is 18.3 Å². The summed E-state index contributed by atoms with van der Waals surface area (Å²) in [5, 5.41) is 47.6. The molecule has 0 saturated heterocycles. The summed E-state index contributed by atoms with van der Waals surface area (Å²) in [5.41, 5.74) is 0. The Hall–Kier alpha value is -0.500. The molecule has 0 aliphatic heterocycles. The van der Waals surface area contributed by atoms with Crippen LogP contribution in [0, 0.1) is 0 Å². The number of hydrogen-bond donors (Lipinski definition) is 5. The van der Waals surface area contributed by atoms with E-state index >= 15 is 0 Å². The second kappa shape index (κ2) is 21.4. The maximum absolute atomic E-state index is 9.99. The molecule has 0 aromatic heterocycles. The number of likely N-dealkylation sites (N-methyl/N-ethyl adjacent to an activating group) is 1. The third-order valence-corrected chi connectivity index (χ3v) is 5.88. The van der Waals surface area contributed by atoms with Crippen LogP contribution in [0.3, 0.4) is 0 Å². The molecule has 0 radical (unpaired) electrons. The molecule has 0 rings (SSSR count). The van der Waals surface area contributed by atoms with Crippen LogP contribution in [0.4, 0.5) is 0 Å². The maximum Gasteiger partial charge on any atom is 0.111 e. The summed E-state index contributed by atoms with van der Waals surface area (Å²) in [5.74, 6) is 0. The Morgan fingerprint density at radius 3 is 1.61 bits per heavy atom. The fraction of sp³-hybridized carbons (Fsp3) is 0.920. The molecule has 0 aliphatic rings. The number of rotatable bonds is 22. The van der Waals surface area contributed by atoms with Gasteiger partial charge < -0.3 is 30.4 Å². The lowest BCUT2D eigenvalue weighted by Crippen LogP contribution is -2.49. The summed E-state index contributed by atoms with van der Waals surface area (Å²) >= 11 is 0. The third kappa shape index (κ3) is 17.7. The zero-order valence-electron chi connectivity index (χ0n) is 20.2. The number of allylic oxidation sites excluding steroid dienone is 2. The molecule has 0 aromatic rings. The van der Waals surface area contributed by atoms with Gasteiger partial charge in [-0.1, -0.05) is 76.9 Å². The van der Waals surface area contributed by atoms with Gasteiger partial charge in [0.25, 0.3) is 0 Å². The average Bonchev–Trinajstić information content (AvgIpc) is 2.77. The predicted molar refractivity (Wildman–Crippen MR) is 128 cm³/mol. The number of aliphatic hydroxyl groups is 5. The zero-order valence-corrected chi connectivity index (χ0v) is 20.2. The molecule has 0 saturated carbocycles. The number of unbranched alkanes of at least 4 members (excludes halogenated alkanes) is 12. The molecule has 6 heteroatoms. The SMILES string of the molecule is CCCCCCCC/C=C\CCCCCCCCN(C)C[C@H](O)[C@@H](O)[C@H](O)[C@H](O)CO. The second-order valence-corrected chi connectivity index (χ2v) is 9.00. The van der Waals surface area contributed by atoms with Crippen LogP contribution in [0.15, 0.2) is 12.2 Å². The summed E-state index contributed by atoms with van der Waals surface area (Å²) in [6, 6.07) is 0. The molecule has 0 unspecified atom stereocenters. The van der Waals surface area contributed by atoms with Gasteiger partial charge in [-0.3, -0.25) is 0 Å². The molecule has 0 aliphatic carbocycles. The molecule has 5 N–H and O–H groups in total. The van der Waals surface area contributed by atoms with E-state index < -0.39 is 31.0 Å². The lowest BCUT2D eigenvalue weighted by molar-refractivity contribution is -0.118. The summed E-state index contributed by atoms with van der Waals surface area (Å²) < 4.78 is 0. The van der Waals surface area contributed by atoms with Crippen LogP contribution >= 0.6 is 0 Å². The van der Waals surface area contributed by atoms with Gasteiger partial charge in [0.2, 0.25) is 0 Å². The molecule has 0 bridgehead atoms. The molecule has 0 amide bonds. The summed E-state index contributed by atoms with van der Waals surface area (Å²) in [6.07, 6.45) is 16.8. The molecule has 186 valence electrons. The number of aliphatic hydroxyl groups excluding tert-OH is 5. The van der Waals surface area contributed by atoms with Crippen LogP contribution in [-0.2, 0) is 0 Å². The van der Waals surface area contributed by atoms with Crippen molar-refractivity contribution in [3.8, 4) is 0 Å². The summed E-state index contributed by atoms with van der Waals surface area (Å²) in [4.78, 5) is 1.92. The lowest BCUT2D eigenvalue weighted by atomic mass is 10.0. The van der Waals surface area contributed by atoms with Gasteiger partial charge in [-0.2, -0.15) is 0 Å². The molecule has 0 aromatic carbocycles. The van der Waals surface area contributed by atoms with Crippen molar-refractivity contribution < 1.29 is 25.5 Å². The van der Waals surface area contributed by atoms with Crippen LogP contribution in [0.2, 0.25) is 0 Å². The Labute approximate surface area is 191 Å². The minimum absolute atomic E-state index is 0.210. The van der Waals surface area contributed by atoms with E-state index in [-0.39, 0.29) is 6.54 Å². The van der Waals surface area contributed by atoms with E-state index in [4.69, 9.17) is 5.11 Å². The highest BCUT2D eigenvalue weighted by atomic mass is 16.4. The highest BCUT2D eigenvalue weighted by molar-refractivity contribution is 4.82. The molecule has 4 atom stereocenters. The van der Waals surface area contributed by atoms with Crippen LogP contribution in [-0.4, -0.2) is 81.6 Å². The smallest absolute Gasteiger partial charge is 0.111 e. The molecule has 31 heavy (non-hydrogen) atoms. The number of hydrogen-bond acceptors (Lipinski definition) is 6. The van der Waals surface area contributed by atoms with Gasteiger partial charge in [0.15, 0.2) is 0 Å². The first kappa shape index (κ1) is 30.5. The minimum Gasteiger partial charge on any atom is -0.394 e. The van der Waals surface area contributed by atoms with Crippen molar-refractivity contribution in [2.45, 2.75) is 121 Å². The van der Waals surface area contributed by atoms with Gasteiger partial charge in [-0.15, -0.1) is 0 Å². The van der Waals surface area contributed by atoms with Gasteiger partial charge in [0, 0.05) is 6.54 Å². The Balaban J connectivity index is 3.53. The standard InChI is InChI=1S/C25H51NO5/c1-3-4-5-6-7-8-9-10-11-12-13-14-15-16-17-18-19-26(2)20-22(28)24(30)25(31)23(29)21-27/h10-11,22-25,27-31H,3-9,12-21H2,1-2H3/b11-10-/t22-,23+,24+,25+/m0/s1. The highest BCUT2D eigenvalue weighted by Gasteiger charge is 2.30. The first-order chi connectivity index (χ1) is 14.9. The van der Waals surface area contributed by atoms with Crippen molar-refractivity contribution in [2.75, 3.05) is 26.7 Å². The highest BCUT2D eigenvalue weighted by Crippen LogP contribution is 2.11. The average molecular weight is 446 g/mol.